The molecular weight excluding hydrogens is 737 g/mol. The molecule has 4 atom stereocenters. The Morgan fingerprint density at radius 2 is 1.67 bits per heavy atom. The number of imide groups is 2. The molecular formula is C41H39F2N9O5. The number of para-hydroxylation sites is 1. The first-order valence-electron chi connectivity index (χ1n) is 22.2. The van der Waals surface area contributed by atoms with Crippen molar-refractivity contribution in [3.05, 3.63) is 90.0 Å². The second-order valence-corrected chi connectivity index (χ2v) is 14.1. The predicted octanol–water partition coefficient (Wildman–Crippen LogP) is 4.91. The second-order valence-electron chi connectivity index (χ2n) is 14.1. The van der Waals surface area contributed by atoms with E-state index in [1.807, 2.05) is 35.6 Å². The number of halogens is 2. The number of carbonyl (C=O) groups excluding carboxylic acids is 4. The summed E-state index contributed by atoms with van der Waals surface area (Å²) in [5, 5.41) is 7.15. The summed E-state index contributed by atoms with van der Waals surface area (Å²) in [5.74, 6) is -5.04. The maximum Gasteiger partial charge on any atom is 0.265 e. The zero-order valence-electron chi connectivity index (χ0n) is 38.0. The van der Waals surface area contributed by atoms with Crippen LogP contribution in [0.3, 0.4) is 0 Å². The van der Waals surface area contributed by atoms with Crippen LogP contribution in [-0.4, -0.2) is 97.9 Å². The monoisotopic (exact) mass is 783 g/mol. The summed E-state index contributed by atoms with van der Waals surface area (Å²) in [5.41, 5.74) is 5.24. The number of carbonyl (C=O) groups is 4. The highest BCUT2D eigenvalue weighted by Gasteiger charge is 2.46. The van der Waals surface area contributed by atoms with E-state index in [0.717, 1.165) is 6.07 Å². The molecule has 3 fully saturated rings. The second kappa shape index (κ2) is 14.7. The number of piperidine rings is 1. The zero-order chi connectivity index (χ0) is 46.5. The van der Waals surface area contributed by atoms with Gasteiger partial charge in [0.05, 0.1) is 28.0 Å². The van der Waals surface area contributed by atoms with Crippen molar-refractivity contribution in [1.29, 1.82) is 0 Å². The van der Waals surface area contributed by atoms with Gasteiger partial charge in [0.15, 0.2) is 5.65 Å². The maximum absolute atomic E-state index is 16.6. The molecule has 4 amide bonds. The number of aromatic nitrogens is 4. The molecule has 2 aromatic heterocycles. The molecule has 1 saturated carbocycles. The smallest absolute Gasteiger partial charge is 0.265 e. The van der Waals surface area contributed by atoms with Gasteiger partial charge in [0.25, 0.3) is 11.8 Å². The first kappa shape index (κ1) is 28.2. The van der Waals surface area contributed by atoms with E-state index in [-0.39, 0.29) is 48.5 Å². The van der Waals surface area contributed by atoms with E-state index >= 15 is 8.78 Å². The van der Waals surface area contributed by atoms with Crippen LogP contribution in [0.5, 0.6) is 11.5 Å². The number of piperazine rings is 1. The van der Waals surface area contributed by atoms with Gasteiger partial charge in [0, 0.05) is 55.7 Å². The lowest BCUT2D eigenvalue weighted by Crippen LogP contribution is -2.54. The van der Waals surface area contributed by atoms with Gasteiger partial charge in [0.2, 0.25) is 11.8 Å². The third-order valence-corrected chi connectivity index (χ3v) is 10.6. The molecule has 14 nitrogen and oxygen atoms in total. The average Bonchev–Trinajstić information content (AvgIpc) is 3.75. The number of nitrogens with two attached hydrogens (primary N) is 1. The first-order chi connectivity index (χ1) is 30.6. The Bertz CT molecular complexity index is 2760. The third kappa shape index (κ3) is 6.73. The quantitative estimate of drug-likeness (QED) is 0.205. The van der Waals surface area contributed by atoms with E-state index in [1.165, 1.54) is 11.0 Å². The van der Waals surface area contributed by atoms with E-state index < -0.39 is 103 Å². The zero-order valence-corrected chi connectivity index (χ0v) is 30.0. The standard InChI is InChI=1S/C41H39F2N9O5/c42-29-18-23(6-11-31(29)52-38-35(37(44)45-22-46-38)36(48-52)24-7-9-27(10-8-24)57-26-4-2-1-3-5-26)21-49-14-16-50(17-15-49)25-19-28-34(30(43)20-25)41(56)51(40(28)55)32-12-13-33(53)47-39(32)54/h1-5,7-10,19-20,22-23,29,31-32H,6,11-18,21H2,(H2,44,45,46)(H,47,53,54)/i14D2,15D2,16D2,17D2. The molecule has 2 saturated heterocycles. The lowest BCUT2D eigenvalue weighted by atomic mass is 9.84. The molecule has 3 N–H and O–H groups in total. The van der Waals surface area contributed by atoms with Gasteiger partial charge in [-0.2, -0.15) is 5.10 Å². The Morgan fingerprint density at radius 1 is 0.912 bits per heavy atom. The van der Waals surface area contributed by atoms with Crippen LogP contribution in [0, 0.1) is 11.7 Å². The van der Waals surface area contributed by atoms with E-state index in [2.05, 4.69) is 9.97 Å². The number of amides is 4. The van der Waals surface area contributed by atoms with Crippen LogP contribution < -0.4 is 20.7 Å². The number of anilines is 2. The van der Waals surface area contributed by atoms with Crippen LogP contribution in [-0.2, 0) is 9.59 Å². The molecule has 4 unspecified atom stereocenters. The molecule has 292 valence electrons. The van der Waals surface area contributed by atoms with E-state index in [1.54, 1.807) is 24.3 Å². The number of nitrogens with one attached hydrogen (secondary N) is 1. The lowest BCUT2D eigenvalue weighted by Gasteiger charge is -2.39. The minimum atomic E-state index is -3.51. The Hall–Kier alpha value is -6.29. The maximum atomic E-state index is 16.6. The van der Waals surface area contributed by atoms with Crippen LogP contribution in [0.25, 0.3) is 22.3 Å². The van der Waals surface area contributed by atoms with Crippen molar-refractivity contribution in [2.24, 2.45) is 5.92 Å². The van der Waals surface area contributed by atoms with E-state index in [4.69, 9.17) is 26.5 Å². The van der Waals surface area contributed by atoms with Crippen LogP contribution in [0.2, 0.25) is 0 Å². The normalized spacial score (nSPS) is 28.5. The van der Waals surface area contributed by atoms with Gasteiger partial charge in [-0.3, -0.25) is 34.3 Å². The Morgan fingerprint density at radius 3 is 2.40 bits per heavy atom. The highest BCUT2D eigenvalue weighted by molar-refractivity contribution is 6.24. The number of hydrogen-bond donors (Lipinski definition) is 2. The number of hydrogen-bond acceptors (Lipinski definition) is 11. The highest BCUT2D eigenvalue weighted by Crippen LogP contribution is 2.40. The molecule has 5 aromatic rings. The molecule has 9 rings (SSSR count). The summed E-state index contributed by atoms with van der Waals surface area (Å²) < 4.78 is 112. The third-order valence-electron chi connectivity index (χ3n) is 10.6. The summed E-state index contributed by atoms with van der Waals surface area (Å²) in [6, 6.07) is 15.0. The minimum absolute atomic E-state index is 0.0545. The van der Waals surface area contributed by atoms with Gasteiger partial charge in [-0.15, -0.1) is 0 Å². The lowest BCUT2D eigenvalue weighted by molar-refractivity contribution is -0.136. The first-order valence-corrected chi connectivity index (χ1v) is 18.2. The van der Waals surface area contributed by atoms with Crippen molar-refractivity contribution in [2.45, 2.75) is 50.4 Å². The van der Waals surface area contributed by atoms with Crippen molar-refractivity contribution in [3.8, 4) is 22.8 Å². The fourth-order valence-electron chi connectivity index (χ4n) is 7.77. The molecule has 57 heavy (non-hydrogen) atoms. The fourth-order valence-corrected chi connectivity index (χ4v) is 7.77. The van der Waals surface area contributed by atoms with Gasteiger partial charge < -0.3 is 15.4 Å². The average molecular weight is 784 g/mol. The van der Waals surface area contributed by atoms with Gasteiger partial charge in [-0.05, 0) is 80.1 Å². The predicted molar refractivity (Wildman–Crippen MR) is 205 cm³/mol. The van der Waals surface area contributed by atoms with Crippen molar-refractivity contribution in [3.63, 3.8) is 0 Å². The molecule has 5 heterocycles. The van der Waals surface area contributed by atoms with Crippen LogP contribution in [0.15, 0.2) is 73.1 Å². The molecule has 0 radical (unpaired) electrons. The van der Waals surface area contributed by atoms with Gasteiger partial charge in [-0.25, -0.2) is 23.4 Å². The number of benzene rings is 3. The summed E-state index contributed by atoms with van der Waals surface area (Å²) in [7, 11) is 0. The van der Waals surface area contributed by atoms with E-state index in [0.29, 0.717) is 44.0 Å². The molecule has 3 aliphatic heterocycles. The molecule has 3 aromatic carbocycles. The Balaban J connectivity index is 0.961. The molecule has 0 spiro atoms. The van der Waals surface area contributed by atoms with Gasteiger partial charge in [-0.1, -0.05) is 18.2 Å². The number of nitrogen functional groups attached to an aromatic ring is 1. The Kier molecular flexibility index (Phi) is 7.24. The molecule has 4 aliphatic rings. The molecule has 1 aliphatic carbocycles. The molecule has 0 bridgehead atoms. The van der Waals surface area contributed by atoms with Crippen molar-refractivity contribution in [2.75, 3.05) is 43.2 Å². The largest absolute Gasteiger partial charge is 0.457 e. The van der Waals surface area contributed by atoms with Crippen molar-refractivity contribution < 1.29 is 43.7 Å². The van der Waals surface area contributed by atoms with Gasteiger partial charge >= 0.3 is 0 Å². The fraction of sp³-hybridized carbons (Fsp3) is 0.341. The number of alkyl halides is 1. The van der Waals surface area contributed by atoms with Gasteiger partial charge in [0.1, 0.15) is 47.4 Å². The van der Waals surface area contributed by atoms with Crippen LogP contribution in [0.4, 0.5) is 20.3 Å². The number of nitrogens with zero attached hydrogens (tertiary/aromatic N) is 7. The SMILES string of the molecule is [2H]C1([2H])N(CC2CCC(n3nc(-c4ccc(Oc5ccccc5)cc4)c4c(N)ncnc43)C(F)C2)C([2H])([2H])C([2H])([2H])N(c2cc(F)c3c(c2)C(=O)N(C2CCC(=O)NC2=O)C3=O)C1([2H])[2H]. The minimum Gasteiger partial charge on any atom is -0.457 e. The van der Waals surface area contributed by atoms with E-state index in [9.17, 15) is 19.2 Å². The molecule has 16 heteroatoms. The summed E-state index contributed by atoms with van der Waals surface area (Å²) in [6.07, 6.45) is -0.997. The van der Waals surface area contributed by atoms with Crippen LogP contribution in [0.1, 0.15) is 69.8 Å². The Labute approximate surface area is 336 Å². The number of ether oxygens (including phenoxy) is 1. The summed E-state index contributed by atoms with van der Waals surface area (Å²) >= 11 is 0. The number of rotatable bonds is 8. The topological polar surface area (TPSA) is 169 Å². The summed E-state index contributed by atoms with van der Waals surface area (Å²) in [4.78, 5) is 60.6. The summed E-state index contributed by atoms with van der Waals surface area (Å²) in [6.45, 7) is -14.5. The number of fused-ring (bicyclic) bond motifs is 2. The van der Waals surface area contributed by atoms with Crippen molar-refractivity contribution in [1.82, 2.24) is 34.9 Å². The highest BCUT2D eigenvalue weighted by atomic mass is 19.1. The van der Waals surface area contributed by atoms with Crippen molar-refractivity contribution >= 4 is 46.2 Å². The van der Waals surface area contributed by atoms with Crippen LogP contribution >= 0.6 is 0 Å².